The van der Waals surface area contributed by atoms with E-state index in [0.717, 1.165) is 26.1 Å². The lowest BCUT2D eigenvalue weighted by Gasteiger charge is -2.27. The Morgan fingerprint density at radius 2 is 2.42 bits per heavy atom. The highest BCUT2D eigenvalue weighted by molar-refractivity contribution is 7.10. The maximum absolute atomic E-state index is 12.1. The third-order valence-electron chi connectivity index (χ3n) is 3.17. The largest absolute Gasteiger partial charge is 0.377 e. The van der Waals surface area contributed by atoms with Crippen molar-refractivity contribution in [3.8, 4) is 0 Å². The van der Waals surface area contributed by atoms with Crippen molar-refractivity contribution in [2.75, 3.05) is 26.2 Å². The van der Waals surface area contributed by atoms with Crippen molar-refractivity contribution in [2.45, 2.75) is 32.9 Å². The molecule has 1 aromatic rings. The smallest absolute Gasteiger partial charge is 0.236 e. The number of ether oxygens (including phenoxy) is 1. The second-order valence-corrected chi connectivity index (χ2v) is 6.03. The highest BCUT2D eigenvalue weighted by atomic mass is 32.1. The Balaban J connectivity index is 1.67. The van der Waals surface area contributed by atoms with Crippen LogP contribution in [-0.2, 0) is 22.5 Å². The summed E-state index contributed by atoms with van der Waals surface area (Å²) in [6.07, 6.45) is 1.24. The lowest BCUT2D eigenvalue weighted by molar-refractivity contribution is -0.131. The number of nitrogens with zero attached hydrogens (tertiary/aromatic N) is 1. The molecule has 106 valence electrons. The standard InChI is InChI=1S/C14H22N2O2S/c1-11(2)18-7-5-15-9-14(17)16-6-3-13-12(10-16)4-8-19-13/h4,8,11,15H,3,5-7,9-10H2,1-2H3. The van der Waals surface area contributed by atoms with E-state index in [1.807, 2.05) is 18.7 Å². The predicted molar refractivity (Wildman–Crippen MR) is 77.4 cm³/mol. The minimum atomic E-state index is 0.182. The Morgan fingerprint density at radius 3 is 3.21 bits per heavy atom. The zero-order valence-electron chi connectivity index (χ0n) is 11.6. The van der Waals surface area contributed by atoms with Gasteiger partial charge in [-0.15, -0.1) is 11.3 Å². The number of carbonyl (C=O) groups excluding carboxylic acids is 1. The van der Waals surface area contributed by atoms with Gasteiger partial charge in [-0.2, -0.15) is 0 Å². The van der Waals surface area contributed by atoms with Crippen LogP contribution in [0.5, 0.6) is 0 Å². The first-order valence-electron chi connectivity index (χ1n) is 6.82. The number of thiophene rings is 1. The van der Waals surface area contributed by atoms with Gasteiger partial charge in [-0.25, -0.2) is 0 Å². The van der Waals surface area contributed by atoms with Gasteiger partial charge in [-0.1, -0.05) is 0 Å². The van der Waals surface area contributed by atoms with Crippen molar-refractivity contribution in [1.29, 1.82) is 0 Å². The topological polar surface area (TPSA) is 41.6 Å². The van der Waals surface area contributed by atoms with E-state index >= 15 is 0 Å². The van der Waals surface area contributed by atoms with Crippen molar-refractivity contribution in [3.05, 3.63) is 21.9 Å². The normalized spacial score (nSPS) is 14.8. The summed E-state index contributed by atoms with van der Waals surface area (Å²) in [5.41, 5.74) is 1.31. The van der Waals surface area contributed by atoms with Crippen LogP contribution in [-0.4, -0.2) is 43.2 Å². The Kier molecular flexibility index (Phi) is 5.36. The van der Waals surface area contributed by atoms with Gasteiger partial charge in [0, 0.05) is 24.5 Å². The van der Waals surface area contributed by atoms with Gasteiger partial charge in [0.05, 0.1) is 19.3 Å². The number of fused-ring (bicyclic) bond motifs is 1. The Labute approximate surface area is 118 Å². The molecule has 5 heteroatoms. The molecule has 0 aromatic carbocycles. The molecule has 1 N–H and O–H groups in total. The molecule has 4 nitrogen and oxygen atoms in total. The molecule has 1 aromatic heterocycles. The zero-order chi connectivity index (χ0) is 13.7. The Morgan fingerprint density at radius 1 is 1.58 bits per heavy atom. The first kappa shape index (κ1) is 14.5. The first-order chi connectivity index (χ1) is 9.16. The fourth-order valence-corrected chi connectivity index (χ4v) is 3.02. The highest BCUT2D eigenvalue weighted by Gasteiger charge is 2.20. The summed E-state index contributed by atoms with van der Waals surface area (Å²) < 4.78 is 5.42. The fourth-order valence-electron chi connectivity index (χ4n) is 2.14. The summed E-state index contributed by atoms with van der Waals surface area (Å²) in [5, 5.41) is 5.25. The van der Waals surface area contributed by atoms with Crippen LogP contribution in [0.2, 0.25) is 0 Å². The van der Waals surface area contributed by atoms with Crippen LogP contribution in [0, 0.1) is 0 Å². The number of nitrogens with one attached hydrogen (secondary N) is 1. The number of hydrogen-bond acceptors (Lipinski definition) is 4. The summed E-state index contributed by atoms with van der Waals surface area (Å²) in [6, 6.07) is 2.13. The third-order valence-corrected chi connectivity index (χ3v) is 4.19. The van der Waals surface area contributed by atoms with E-state index in [0.29, 0.717) is 13.2 Å². The van der Waals surface area contributed by atoms with Crippen molar-refractivity contribution in [3.63, 3.8) is 0 Å². The van der Waals surface area contributed by atoms with Crippen LogP contribution in [0.4, 0.5) is 0 Å². The van der Waals surface area contributed by atoms with E-state index in [1.165, 1.54) is 10.4 Å². The lowest BCUT2D eigenvalue weighted by Crippen LogP contribution is -2.41. The van der Waals surface area contributed by atoms with Gasteiger partial charge in [-0.3, -0.25) is 4.79 Å². The van der Waals surface area contributed by atoms with Crippen LogP contribution >= 0.6 is 11.3 Å². The molecule has 0 saturated carbocycles. The van der Waals surface area contributed by atoms with Crippen molar-refractivity contribution in [2.24, 2.45) is 0 Å². The molecule has 0 bridgehead atoms. The minimum Gasteiger partial charge on any atom is -0.377 e. The monoisotopic (exact) mass is 282 g/mol. The number of carbonyl (C=O) groups is 1. The summed E-state index contributed by atoms with van der Waals surface area (Å²) >= 11 is 1.80. The molecule has 1 aliphatic rings. The summed E-state index contributed by atoms with van der Waals surface area (Å²) in [6.45, 7) is 7.41. The molecule has 2 rings (SSSR count). The molecule has 0 saturated heterocycles. The molecule has 1 aliphatic heterocycles. The van der Waals surface area contributed by atoms with Crippen LogP contribution in [0.3, 0.4) is 0 Å². The number of rotatable bonds is 6. The molecule has 0 unspecified atom stereocenters. The van der Waals surface area contributed by atoms with Gasteiger partial charge in [0.15, 0.2) is 0 Å². The number of amides is 1. The average Bonchev–Trinajstić information content (AvgIpc) is 2.84. The van der Waals surface area contributed by atoms with Crippen LogP contribution in [0.25, 0.3) is 0 Å². The SMILES string of the molecule is CC(C)OCCNCC(=O)N1CCc2sccc2C1. The maximum atomic E-state index is 12.1. The van der Waals surface area contributed by atoms with E-state index in [2.05, 4.69) is 16.8 Å². The van der Waals surface area contributed by atoms with Gasteiger partial charge in [0.2, 0.25) is 5.91 Å². The van der Waals surface area contributed by atoms with Gasteiger partial charge in [0.1, 0.15) is 0 Å². The average molecular weight is 282 g/mol. The van der Waals surface area contributed by atoms with Crippen LogP contribution in [0.15, 0.2) is 11.4 Å². The third kappa shape index (κ3) is 4.30. The molecular formula is C14H22N2O2S. The summed E-state index contributed by atoms with van der Waals surface area (Å²) in [7, 11) is 0. The second kappa shape index (κ2) is 7.03. The molecular weight excluding hydrogens is 260 g/mol. The highest BCUT2D eigenvalue weighted by Crippen LogP contribution is 2.23. The predicted octanol–water partition coefficient (Wildman–Crippen LogP) is 1.65. The molecule has 1 amide bonds. The molecule has 0 spiro atoms. The van der Waals surface area contributed by atoms with Crippen LogP contribution in [0.1, 0.15) is 24.3 Å². The lowest BCUT2D eigenvalue weighted by atomic mass is 10.1. The Hall–Kier alpha value is -0.910. The van der Waals surface area contributed by atoms with Crippen molar-refractivity contribution < 1.29 is 9.53 Å². The second-order valence-electron chi connectivity index (χ2n) is 5.03. The zero-order valence-corrected chi connectivity index (χ0v) is 12.5. The van der Waals surface area contributed by atoms with E-state index in [1.54, 1.807) is 11.3 Å². The number of hydrogen-bond donors (Lipinski definition) is 1. The van der Waals surface area contributed by atoms with E-state index in [-0.39, 0.29) is 12.0 Å². The van der Waals surface area contributed by atoms with Gasteiger partial charge in [0.25, 0.3) is 0 Å². The van der Waals surface area contributed by atoms with Crippen molar-refractivity contribution >= 4 is 17.2 Å². The van der Waals surface area contributed by atoms with Gasteiger partial charge < -0.3 is 15.0 Å². The summed E-state index contributed by atoms with van der Waals surface area (Å²) in [5.74, 6) is 0.182. The maximum Gasteiger partial charge on any atom is 0.236 e. The molecule has 0 aliphatic carbocycles. The van der Waals surface area contributed by atoms with E-state index in [4.69, 9.17) is 4.74 Å². The summed E-state index contributed by atoms with van der Waals surface area (Å²) in [4.78, 5) is 15.4. The van der Waals surface area contributed by atoms with Gasteiger partial charge >= 0.3 is 0 Å². The quantitative estimate of drug-likeness (QED) is 0.807. The Bertz CT molecular complexity index is 417. The molecule has 0 atom stereocenters. The van der Waals surface area contributed by atoms with E-state index < -0.39 is 0 Å². The van der Waals surface area contributed by atoms with E-state index in [9.17, 15) is 4.79 Å². The molecule has 19 heavy (non-hydrogen) atoms. The minimum absolute atomic E-state index is 0.182. The molecule has 0 fully saturated rings. The fraction of sp³-hybridized carbons (Fsp3) is 0.643. The molecule has 2 heterocycles. The molecule has 0 radical (unpaired) electrons. The van der Waals surface area contributed by atoms with Crippen LogP contribution < -0.4 is 5.32 Å². The first-order valence-corrected chi connectivity index (χ1v) is 7.70. The van der Waals surface area contributed by atoms with Crippen molar-refractivity contribution in [1.82, 2.24) is 10.2 Å². The van der Waals surface area contributed by atoms with Gasteiger partial charge in [-0.05, 0) is 37.3 Å².